The van der Waals surface area contributed by atoms with Gasteiger partial charge in [0.1, 0.15) is 0 Å². The van der Waals surface area contributed by atoms with Gasteiger partial charge in [-0.15, -0.1) is 0 Å². The Kier molecular flexibility index (Phi) is 1.90. The zero-order valence-corrected chi connectivity index (χ0v) is 7.42. The topological polar surface area (TPSA) is 12.5 Å². The minimum atomic E-state index is 0.560. The molecular formula is C9H17NO. The van der Waals surface area contributed by atoms with Gasteiger partial charge in [0.15, 0.2) is 0 Å². The largest absolute Gasteiger partial charge is 0.381 e. The lowest BCUT2D eigenvalue weighted by Crippen LogP contribution is -2.27. The summed E-state index contributed by atoms with van der Waals surface area (Å²) in [7, 11) is 4.09. The van der Waals surface area contributed by atoms with E-state index in [4.69, 9.17) is 4.74 Å². The van der Waals surface area contributed by atoms with Crippen LogP contribution in [0.4, 0.5) is 0 Å². The Balaban J connectivity index is 2.04. The fraction of sp³-hybridized carbons (Fsp3) is 1.00. The maximum atomic E-state index is 5.45. The lowest BCUT2D eigenvalue weighted by Gasteiger charge is -2.19. The first-order valence-electron chi connectivity index (χ1n) is 4.56. The number of hydrogen-bond acceptors (Lipinski definition) is 2. The molecule has 0 radical (unpaired) electrons. The van der Waals surface area contributed by atoms with Gasteiger partial charge in [-0.25, -0.2) is 0 Å². The summed E-state index contributed by atoms with van der Waals surface area (Å²) in [6.45, 7) is 1.27. The van der Waals surface area contributed by atoms with Crippen LogP contribution in [0, 0.1) is 5.92 Å². The van der Waals surface area contributed by atoms with Crippen LogP contribution in [0.3, 0.4) is 0 Å². The van der Waals surface area contributed by atoms with Gasteiger partial charge in [0.05, 0.1) is 6.10 Å². The van der Waals surface area contributed by atoms with Crippen molar-refractivity contribution in [3.63, 3.8) is 0 Å². The van der Waals surface area contributed by atoms with E-state index >= 15 is 0 Å². The average Bonchev–Trinajstić information content (AvgIpc) is 2.53. The third-order valence-electron chi connectivity index (χ3n) is 3.40. The molecule has 1 aliphatic heterocycles. The SMILES string of the molecule is COC1CC[C@@H]2[C@H]1CCN2C. The molecule has 2 fully saturated rings. The van der Waals surface area contributed by atoms with E-state index in [0.717, 1.165) is 12.0 Å². The number of likely N-dealkylation sites (tertiary alicyclic amines) is 1. The number of ether oxygens (including phenoxy) is 1. The van der Waals surface area contributed by atoms with Crippen LogP contribution in [0.1, 0.15) is 19.3 Å². The molecule has 3 atom stereocenters. The van der Waals surface area contributed by atoms with Gasteiger partial charge < -0.3 is 9.64 Å². The third-order valence-corrected chi connectivity index (χ3v) is 3.40. The van der Waals surface area contributed by atoms with Crippen LogP contribution in [-0.2, 0) is 4.74 Å². The summed E-state index contributed by atoms with van der Waals surface area (Å²) in [5.74, 6) is 0.838. The minimum absolute atomic E-state index is 0.560. The van der Waals surface area contributed by atoms with Crippen LogP contribution in [0.25, 0.3) is 0 Å². The maximum absolute atomic E-state index is 5.45. The first kappa shape index (κ1) is 7.56. The lowest BCUT2D eigenvalue weighted by molar-refractivity contribution is 0.0695. The summed E-state index contributed by atoms with van der Waals surface area (Å²) < 4.78 is 5.45. The van der Waals surface area contributed by atoms with Gasteiger partial charge >= 0.3 is 0 Å². The Morgan fingerprint density at radius 3 is 2.82 bits per heavy atom. The molecule has 0 aromatic carbocycles. The van der Waals surface area contributed by atoms with Gasteiger partial charge in [0.25, 0.3) is 0 Å². The lowest BCUT2D eigenvalue weighted by atomic mass is 10.0. The van der Waals surface area contributed by atoms with Crippen molar-refractivity contribution in [1.29, 1.82) is 0 Å². The highest BCUT2D eigenvalue weighted by molar-refractivity contribution is 4.95. The molecule has 0 spiro atoms. The van der Waals surface area contributed by atoms with Gasteiger partial charge in [-0.2, -0.15) is 0 Å². The molecule has 11 heavy (non-hydrogen) atoms. The fourth-order valence-corrected chi connectivity index (χ4v) is 2.75. The van der Waals surface area contributed by atoms with Gasteiger partial charge in [0, 0.05) is 19.1 Å². The molecule has 0 N–H and O–H groups in total. The van der Waals surface area contributed by atoms with Crippen molar-refractivity contribution >= 4 is 0 Å². The van der Waals surface area contributed by atoms with E-state index < -0.39 is 0 Å². The first-order chi connectivity index (χ1) is 5.33. The zero-order valence-electron chi connectivity index (χ0n) is 7.42. The van der Waals surface area contributed by atoms with Crippen molar-refractivity contribution in [1.82, 2.24) is 4.90 Å². The number of fused-ring (bicyclic) bond motifs is 1. The predicted octanol–water partition coefficient (Wildman–Crippen LogP) is 1.12. The Morgan fingerprint density at radius 1 is 1.27 bits per heavy atom. The first-order valence-corrected chi connectivity index (χ1v) is 4.56. The van der Waals surface area contributed by atoms with Crippen molar-refractivity contribution in [2.75, 3.05) is 20.7 Å². The molecule has 2 aliphatic rings. The van der Waals surface area contributed by atoms with E-state index in [1.807, 2.05) is 7.11 Å². The predicted molar refractivity (Wildman–Crippen MR) is 44.6 cm³/mol. The molecule has 2 nitrogen and oxygen atoms in total. The molecule has 64 valence electrons. The highest BCUT2D eigenvalue weighted by Gasteiger charge is 2.42. The van der Waals surface area contributed by atoms with E-state index in [0.29, 0.717) is 6.10 Å². The number of hydrogen-bond donors (Lipinski definition) is 0. The van der Waals surface area contributed by atoms with Crippen molar-refractivity contribution in [2.45, 2.75) is 31.4 Å². The van der Waals surface area contributed by atoms with E-state index in [1.54, 1.807) is 0 Å². The summed E-state index contributed by atoms with van der Waals surface area (Å²) in [5, 5.41) is 0. The smallest absolute Gasteiger partial charge is 0.0615 e. The Morgan fingerprint density at radius 2 is 2.09 bits per heavy atom. The summed E-state index contributed by atoms with van der Waals surface area (Å²) >= 11 is 0. The number of rotatable bonds is 1. The van der Waals surface area contributed by atoms with Crippen LogP contribution in [0.2, 0.25) is 0 Å². The minimum Gasteiger partial charge on any atom is -0.381 e. The molecule has 1 unspecified atom stereocenters. The molecule has 2 heteroatoms. The summed E-state index contributed by atoms with van der Waals surface area (Å²) in [4.78, 5) is 2.49. The third kappa shape index (κ3) is 1.09. The van der Waals surface area contributed by atoms with E-state index in [2.05, 4.69) is 11.9 Å². The standard InChI is InChI=1S/C9H17NO/c1-10-6-5-7-8(10)3-4-9(7)11-2/h7-9H,3-6H2,1-2H3/t7-,8-,9?/m1/s1. The van der Waals surface area contributed by atoms with Crippen molar-refractivity contribution in [2.24, 2.45) is 5.92 Å². The molecule has 1 saturated carbocycles. The molecule has 0 aromatic rings. The Labute approximate surface area is 68.5 Å². The summed E-state index contributed by atoms with van der Waals surface area (Å²) in [6, 6.07) is 0.833. The fourth-order valence-electron chi connectivity index (χ4n) is 2.75. The second-order valence-electron chi connectivity index (χ2n) is 3.85. The molecule has 0 amide bonds. The molecule has 2 rings (SSSR count). The average molecular weight is 155 g/mol. The molecule has 0 bridgehead atoms. The molecular weight excluding hydrogens is 138 g/mol. The molecule has 1 aliphatic carbocycles. The van der Waals surface area contributed by atoms with E-state index in [9.17, 15) is 0 Å². The van der Waals surface area contributed by atoms with Crippen LogP contribution < -0.4 is 0 Å². The molecule has 1 saturated heterocycles. The van der Waals surface area contributed by atoms with Crippen molar-refractivity contribution < 1.29 is 4.74 Å². The second-order valence-corrected chi connectivity index (χ2v) is 3.85. The van der Waals surface area contributed by atoms with Crippen LogP contribution in [0.5, 0.6) is 0 Å². The van der Waals surface area contributed by atoms with Crippen molar-refractivity contribution in [3.05, 3.63) is 0 Å². The molecule has 0 aromatic heterocycles. The van der Waals surface area contributed by atoms with Gasteiger partial charge in [-0.3, -0.25) is 0 Å². The van der Waals surface area contributed by atoms with Crippen LogP contribution >= 0.6 is 0 Å². The normalized spacial score (nSPS) is 44.7. The number of methoxy groups -OCH3 is 1. The van der Waals surface area contributed by atoms with Crippen LogP contribution in [-0.4, -0.2) is 37.7 Å². The van der Waals surface area contributed by atoms with E-state index in [1.165, 1.54) is 25.8 Å². The Bertz CT molecular complexity index is 148. The zero-order chi connectivity index (χ0) is 7.84. The van der Waals surface area contributed by atoms with E-state index in [-0.39, 0.29) is 0 Å². The van der Waals surface area contributed by atoms with Crippen molar-refractivity contribution in [3.8, 4) is 0 Å². The quantitative estimate of drug-likeness (QED) is 0.562. The summed E-state index contributed by atoms with van der Waals surface area (Å²) in [5.41, 5.74) is 0. The van der Waals surface area contributed by atoms with Gasteiger partial charge in [0.2, 0.25) is 0 Å². The second kappa shape index (κ2) is 2.76. The van der Waals surface area contributed by atoms with Crippen LogP contribution in [0.15, 0.2) is 0 Å². The molecule has 1 heterocycles. The van der Waals surface area contributed by atoms with Gasteiger partial charge in [-0.1, -0.05) is 0 Å². The highest BCUT2D eigenvalue weighted by Crippen LogP contribution is 2.38. The Hall–Kier alpha value is -0.0800. The number of nitrogens with zero attached hydrogens (tertiary/aromatic N) is 1. The highest BCUT2D eigenvalue weighted by atomic mass is 16.5. The monoisotopic (exact) mass is 155 g/mol. The maximum Gasteiger partial charge on any atom is 0.0615 e. The summed E-state index contributed by atoms with van der Waals surface area (Å²) in [6.07, 6.45) is 4.53. The van der Waals surface area contributed by atoms with Gasteiger partial charge in [-0.05, 0) is 32.9 Å².